The maximum atomic E-state index is 12.1. The van der Waals surface area contributed by atoms with Gasteiger partial charge in [-0.3, -0.25) is 14.7 Å². The zero-order valence-electron chi connectivity index (χ0n) is 11.5. The Kier molecular flexibility index (Phi) is 8.44. The molecule has 0 amide bonds. The van der Waals surface area contributed by atoms with Gasteiger partial charge in [0, 0.05) is 0 Å². The maximum absolute atomic E-state index is 12.1. The molecule has 0 aliphatic rings. The summed E-state index contributed by atoms with van der Waals surface area (Å²) in [5, 5.41) is 11.8. The Labute approximate surface area is 109 Å². The second-order valence-electron chi connectivity index (χ2n) is 4.33. The number of carboxylic acid groups (broad SMARTS) is 1. The SMILES string of the molecule is CCOP(=O)(CN[C@@H](CC(C)C)C(=O)O)OCC. The third-order valence-corrected chi connectivity index (χ3v) is 4.06. The third kappa shape index (κ3) is 7.11. The Morgan fingerprint density at radius 2 is 1.78 bits per heavy atom. The van der Waals surface area contributed by atoms with Gasteiger partial charge in [0.15, 0.2) is 0 Å². The van der Waals surface area contributed by atoms with Crippen molar-refractivity contribution >= 4 is 13.6 Å². The first-order chi connectivity index (χ1) is 8.34. The van der Waals surface area contributed by atoms with Crippen molar-refractivity contribution in [3.8, 4) is 0 Å². The standard InChI is InChI=1S/C11H24NO5P/c1-5-16-18(15,17-6-2)8-12-10(11(13)14)7-9(3)4/h9-10,12H,5-8H2,1-4H3,(H,13,14)/t10-/m0/s1. The minimum Gasteiger partial charge on any atom is -0.480 e. The highest BCUT2D eigenvalue weighted by atomic mass is 31.2. The van der Waals surface area contributed by atoms with Gasteiger partial charge in [-0.05, 0) is 26.2 Å². The second kappa shape index (κ2) is 8.64. The van der Waals surface area contributed by atoms with E-state index in [2.05, 4.69) is 5.32 Å². The number of aliphatic carboxylic acids is 1. The molecule has 0 fully saturated rings. The first kappa shape index (κ1) is 17.6. The van der Waals surface area contributed by atoms with Gasteiger partial charge in [-0.25, -0.2) is 0 Å². The molecule has 7 heteroatoms. The van der Waals surface area contributed by atoms with Gasteiger partial charge < -0.3 is 14.2 Å². The molecule has 0 radical (unpaired) electrons. The van der Waals surface area contributed by atoms with Crippen LogP contribution in [0.3, 0.4) is 0 Å². The molecule has 0 heterocycles. The van der Waals surface area contributed by atoms with Crippen LogP contribution in [0, 0.1) is 5.92 Å². The summed E-state index contributed by atoms with van der Waals surface area (Å²) in [7, 11) is -3.23. The first-order valence-electron chi connectivity index (χ1n) is 6.19. The van der Waals surface area contributed by atoms with Crippen LogP contribution in [-0.4, -0.2) is 36.6 Å². The van der Waals surface area contributed by atoms with Crippen molar-refractivity contribution in [1.82, 2.24) is 5.32 Å². The molecule has 0 unspecified atom stereocenters. The van der Waals surface area contributed by atoms with Crippen LogP contribution >= 0.6 is 7.60 Å². The second-order valence-corrected chi connectivity index (χ2v) is 6.38. The fourth-order valence-electron chi connectivity index (χ4n) is 1.49. The largest absolute Gasteiger partial charge is 0.480 e. The van der Waals surface area contributed by atoms with E-state index in [1.165, 1.54) is 0 Å². The summed E-state index contributed by atoms with van der Waals surface area (Å²) in [5.74, 6) is -0.722. The zero-order chi connectivity index (χ0) is 14.2. The summed E-state index contributed by atoms with van der Waals surface area (Å²) in [6, 6.07) is -0.737. The summed E-state index contributed by atoms with van der Waals surface area (Å²) in [6.45, 7) is 7.83. The van der Waals surface area contributed by atoms with Crippen LogP contribution in [0.15, 0.2) is 0 Å². The Hall–Kier alpha value is -0.420. The van der Waals surface area contributed by atoms with E-state index < -0.39 is 19.6 Å². The Bertz CT molecular complexity index is 285. The summed E-state index contributed by atoms with van der Waals surface area (Å²) in [4.78, 5) is 11.0. The average Bonchev–Trinajstić information content (AvgIpc) is 2.24. The van der Waals surface area contributed by atoms with E-state index in [1.807, 2.05) is 13.8 Å². The van der Waals surface area contributed by atoms with E-state index in [0.29, 0.717) is 6.42 Å². The number of carbonyl (C=O) groups is 1. The molecular weight excluding hydrogens is 257 g/mol. The number of nitrogens with one attached hydrogen (secondary N) is 1. The molecule has 0 saturated heterocycles. The van der Waals surface area contributed by atoms with Crippen molar-refractivity contribution in [3.05, 3.63) is 0 Å². The molecule has 18 heavy (non-hydrogen) atoms. The van der Waals surface area contributed by atoms with Gasteiger partial charge in [0.05, 0.1) is 19.5 Å². The number of rotatable bonds is 10. The minimum atomic E-state index is -3.23. The van der Waals surface area contributed by atoms with Crippen molar-refractivity contribution in [2.45, 2.75) is 40.2 Å². The van der Waals surface area contributed by atoms with Gasteiger partial charge in [-0.2, -0.15) is 0 Å². The lowest BCUT2D eigenvalue weighted by Gasteiger charge is -2.21. The summed E-state index contributed by atoms with van der Waals surface area (Å²) < 4.78 is 22.3. The smallest absolute Gasteiger partial charge is 0.344 e. The van der Waals surface area contributed by atoms with Crippen molar-refractivity contribution in [2.75, 3.05) is 19.5 Å². The lowest BCUT2D eigenvalue weighted by molar-refractivity contribution is -0.139. The number of hydrogen-bond donors (Lipinski definition) is 2. The number of hydrogen-bond acceptors (Lipinski definition) is 5. The van der Waals surface area contributed by atoms with E-state index in [9.17, 15) is 9.36 Å². The molecule has 6 nitrogen and oxygen atoms in total. The van der Waals surface area contributed by atoms with Crippen LogP contribution < -0.4 is 5.32 Å². The van der Waals surface area contributed by atoms with Crippen molar-refractivity contribution < 1.29 is 23.5 Å². The van der Waals surface area contributed by atoms with Gasteiger partial charge in [0.2, 0.25) is 0 Å². The Balaban J connectivity index is 4.46. The molecule has 0 saturated carbocycles. The maximum Gasteiger partial charge on any atom is 0.344 e. The molecule has 2 N–H and O–H groups in total. The monoisotopic (exact) mass is 281 g/mol. The molecule has 0 aliphatic heterocycles. The van der Waals surface area contributed by atoms with Crippen molar-refractivity contribution in [3.63, 3.8) is 0 Å². The van der Waals surface area contributed by atoms with Gasteiger partial charge in [-0.15, -0.1) is 0 Å². The Morgan fingerprint density at radius 3 is 2.11 bits per heavy atom. The molecule has 0 aromatic rings. The quantitative estimate of drug-likeness (QED) is 0.598. The van der Waals surface area contributed by atoms with E-state index >= 15 is 0 Å². The molecule has 0 bridgehead atoms. The first-order valence-corrected chi connectivity index (χ1v) is 7.91. The highest BCUT2D eigenvalue weighted by Gasteiger charge is 2.27. The molecule has 0 spiro atoms. The van der Waals surface area contributed by atoms with Crippen LogP contribution in [-0.2, 0) is 18.4 Å². The molecule has 1 atom stereocenters. The van der Waals surface area contributed by atoms with E-state index in [0.717, 1.165) is 0 Å². The minimum absolute atomic E-state index is 0.0850. The predicted molar refractivity (Wildman–Crippen MR) is 69.7 cm³/mol. The molecule has 108 valence electrons. The topological polar surface area (TPSA) is 84.9 Å². The summed E-state index contributed by atoms with van der Waals surface area (Å²) in [6.07, 6.45) is 0.381. The van der Waals surface area contributed by atoms with Crippen LogP contribution in [0.1, 0.15) is 34.1 Å². The summed E-state index contributed by atoms with van der Waals surface area (Å²) in [5.41, 5.74) is 0. The highest BCUT2D eigenvalue weighted by molar-refractivity contribution is 7.53. The van der Waals surface area contributed by atoms with E-state index in [1.54, 1.807) is 13.8 Å². The normalized spacial score (nSPS) is 13.8. The van der Waals surface area contributed by atoms with Gasteiger partial charge in [0.1, 0.15) is 6.04 Å². The van der Waals surface area contributed by atoms with Gasteiger partial charge >= 0.3 is 13.6 Å². The predicted octanol–water partition coefficient (Wildman–Crippen LogP) is 2.30. The van der Waals surface area contributed by atoms with Crippen LogP contribution in [0.2, 0.25) is 0 Å². The lowest BCUT2D eigenvalue weighted by atomic mass is 10.0. The highest BCUT2D eigenvalue weighted by Crippen LogP contribution is 2.46. The molecule has 0 aliphatic carbocycles. The fraction of sp³-hybridized carbons (Fsp3) is 0.909. The molecular formula is C11H24NO5P. The molecule has 0 aromatic heterocycles. The molecule has 0 rings (SSSR count). The van der Waals surface area contributed by atoms with E-state index in [-0.39, 0.29) is 25.4 Å². The van der Waals surface area contributed by atoms with Crippen molar-refractivity contribution in [2.24, 2.45) is 5.92 Å². The third-order valence-electron chi connectivity index (χ3n) is 2.19. The van der Waals surface area contributed by atoms with Crippen LogP contribution in [0.5, 0.6) is 0 Å². The van der Waals surface area contributed by atoms with Crippen LogP contribution in [0.25, 0.3) is 0 Å². The number of carboxylic acids is 1. The van der Waals surface area contributed by atoms with E-state index in [4.69, 9.17) is 14.2 Å². The fourth-order valence-corrected chi connectivity index (χ4v) is 2.97. The molecule has 0 aromatic carbocycles. The van der Waals surface area contributed by atoms with Gasteiger partial charge in [0.25, 0.3) is 0 Å². The zero-order valence-corrected chi connectivity index (χ0v) is 12.4. The summed E-state index contributed by atoms with van der Waals surface area (Å²) >= 11 is 0. The van der Waals surface area contributed by atoms with Gasteiger partial charge in [-0.1, -0.05) is 13.8 Å². The lowest BCUT2D eigenvalue weighted by Crippen LogP contribution is -2.38. The average molecular weight is 281 g/mol. The van der Waals surface area contributed by atoms with Crippen LogP contribution in [0.4, 0.5) is 0 Å². The van der Waals surface area contributed by atoms with Crippen molar-refractivity contribution in [1.29, 1.82) is 0 Å². The Morgan fingerprint density at radius 1 is 1.28 bits per heavy atom.